The number of carbonyl (C=O) groups is 1. The van der Waals surface area contributed by atoms with Gasteiger partial charge in [-0.25, -0.2) is 17.2 Å². The summed E-state index contributed by atoms with van der Waals surface area (Å²) in [4.78, 5) is 12.2. The fraction of sp³-hybridized carbons (Fsp3) is 0.0500. The molecule has 0 fully saturated rings. The monoisotopic (exact) mass is 418 g/mol. The van der Waals surface area contributed by atoms with Crippen molar-refractivity contribution in [2.24, 2.45) is 0 Å². The highest BCUT2D eigenvalue weighted by Crippen LogP contribution is 2.29. The Labute approximate surface area is 166 Å². The molecule has 0 saturated heterocycles. The minimum Gasteiger partial charge on any atom is -0.495 e. The molecule has 3 rings (SSSR count). The zero-order valence-electron chi connectivity index (χ0n) is 15.1. The molecule has 150 valence electrons. The number of ether oxygens (including phenoxy) is 1. The number of rotatable bonds is 6. The lowest BCUT2D eigenvalue weighted by Gasteiger charge is -2.14. The van der Waals surface area contributed by atoms with Gasteiger partial charge in [0.2, 0.25) is 0 Å². The van der Waals surface area contributed by atoms with Crippen LogP contribution in [0.1, 0.15) is 10.4 Å². The highest BCUT2D eigenvalue weighted by molar-refractivity contribution is 7.92. The first-order valence-corrected chi connectivity index (χ1v) is 9.81. The highest BCUT2D eigenvalue weighted by atomic mass is 32.2. The van der Waals surface area contributed by atoms with Crippen LogP contribution in [0.3, 0.4) is 0 Å². The van der Waals surface area contributed by atoms with E-state index in [2.05, 4.69) is 10.0 Å². The summed E-state index contributed by atoms with van der Waals surface area (Å²) < 4.78 is 59.6. The molecular weight excluding hydrogens is 402 g/mol. The third kappa shape index (κ3) is 4.69. The van der Waals surface area contributed by atoms with E-state index in [1.165, 1.54) is 55.6 Å². The molecule has 2 N–H and O–H groups in total. The second kappa shape index (κ2) is 8.27. The third-order valence-corrected chi connectivity index (χ3v) is 5.32. The van der Waals surface area contributed by atoms with Crippen LogP contribution in [0, 0.1) is 11.6 Å². The number of nitrogens with one attached hydrogen (secondary N) is 2. The fourth-order valence-electron chi connectivity index (χ4n) is 2.52. The van der Waals surface area contributed by atoms with Crippen molar-refractivity contribution in [1.29, 1.82) is 0 Å². The molecule has 0 radical (unpaired) electrons. The molecule has 29 heavy (non-hydrogen) atoms. The lowest BCUT2D eigenvalue weighted by molar-refractivity contribution is 0.102. The summed E-state index contributed by atoms with van der Waals surface area (Å²) in [6, 6.07) is 14.0. The molecule has 0 aliphatic carbocycles. The lowest BCUT2D eigenvalue weighted by atomic mass is 10.2. The first kappa shape index (κ1) is 20.3. The molecule has 0 unspecified atom stereocenters. The quantitative estimate of drug-likeness (QED) is 0.633. The highest BCUT2D eigenvalue weighted by Gasteiger charge is 2.19. The predicted octanol–water partition coefficient (Wildman–Crippen LogP) is 4.03. The van der Waals surface area contributed by atoms with Crippen LogP contribution in [0.2, 0.25) is 0 Å². The Hall–Kier alpha value is -3.46. The summed E-state index contributed by atoms with van der Waals surface area (Å²) in [6.07, 6.45) is 0. The Morgan fingerprint density at radius 2 is 1.66 bits per heavy atom. The first-order chi connectivity index (χ1) is 13.8. The van der Waals surface area contributed by atoms with Crippen LogP contribution in [-0.4, -0.2) is 21.4 Å². The van der Waals surface area contributed by atoms with Crippen LogP contribution in [0.4, 0.5) is 20.2 Å². The van der Waals surface area contributed by atoms with Crippen molar-refractivity contribution in [3.8, 4) is 5.75 Å². The molecule has 0 heterocycles. The van der Waals surface area contributed by atoms with Crippen molar-refractivity contribution in [3.05, 3.63) is 83.9 Å². The van der Waals surface area contributed by atoms with Gasteiger partial charge in [-0.1, -0.05) is 12.1 Å². The van der Waals surface area contributed by atoms with Crippen LogP contribution < -0.4 is 14.8 Å². The van der Waals surface area contributed by atoms with E-state index in [9.17, 15) is 22.0 Å². The SMILES string of the molecule is COc1ccc(S(=O)(=O)Nc2ccc(F)cc2)cc1NC(=O)c1ccccc1F. The Morgan fingerprint density at radius 1 is 0.966 bits per heavy atom. The average molecular weight is 418 g/mol. The Balaban J connectivity index is 1.91. The van der Waals surface area contributed by atoms with Crippen molar-refractivity contribution in [2.45, 2.75) is 4.90 Å². The van der Waals surface area contributed by atoms with E-state index in [1.807, 2.05) is 0 Å². The van der Waals surface area contributed by atoms with Crippen molar-refractivity contribution in [1.82, 2.24) is 0 Å². The molecule has 1 amide bonds. The predicted molar refractivity (Wildman–Crippen MR) is 105 cm³/mol. The molecule has 0 aromatic heterocycles. The number of anilines is 2. The summed E-state index contributed by atoms with van der Waals surface area (Å²) in [5.41, 5.74) is 0.00847. The fourth-order valence-corrected chi connectivity index (χ4v) is 3.60. The minimum absolute atomic E-state index is 0.0442. The van der Waals surface area contributed by atoms with E-state index < -0.39 is 27.6 Å². The standard InChI is InChI=1S/C20H16F2N2O4S/c1-28-19-11-10-15(29(26,27)24-14-8-6-13(21)7-9-14)12-18(19)23-20(25)16-4-2-3-5-17(16)22/h2-12,24H,1H3,(H,23,25). The second-order valence-corrected chi connectivity index (χ2v) is 7.59. The normalized spacial score (nSPS) is 11.0. The summed E-state index contributed by atoms with van der Waals surface area (Å²) in [5.74, 6) is -1.79. The summed E-state index contributed by atoms with van der Waals surface area (Å²) in [7, 11) is -2.69. The maximum Gasteiger partial charge on any atom is 0.261 e. The summed E-state index contributed by atoms with van der Waals surface area (Å²) >= 11 is 0. The number of hydrogen-bond donors (Lipinski definition) is 2. The smallest absolute Gasteiger partial charge is 0.261 e. The summed E-state index contributed by atoms with van der Waals surface area (Å²) in [5, 5.41) is 2.46. The number of hydrogen-bond acceptors (Lipinski definition) is 4. The van der Waals surface area contributed by atoms with Crippen LogP contribution in [0.5, 0.6) is 5.75 Å². The summed E-state index contributed by atoms with van der Waals surface area (Å²) in [6.45, 7) is 0. The van der Waals surface area contributed by atoms with Gasteiger partial charge in [0.25, 0.3) is 15.9 Å². The largest absolute Gasteiger partial charge is 0.495 e. The van der Waals surface area contributed by atoms with E-state index in [0.717, 1.165) is 18.2 Å². The molecule has 0 spiro atoms. The zero-order valence-corrected chi connectivity index (χ0v) is 16.0. The molecule has 0 aliphatic heterocycles. The number of carbonyl (C=O) groups excluding carboxylic acids is 1. The first-order valence-electron chi connectivity index (χ1n) is 8.32. The lowest BCUT2D eigenvalue weighted by Crippen LogP contribution is -2.16. The van der Waals surface area contributed by atoms with Crippen molar-refractivity contribution in [3.63, 3.8) is 0 Å². The zero-order chi connectivity index (χ0) is 21.0. The molecule has 0 saturated carbocycles. The third-order valence-electron chi connectivity index (χ3n) is 3.94. The van der Waals surface area contributed by atoms with E-state index in [1.54, 1.807) is 0 Å². The van der Waals surface area contributed by atoms with Crippen LogP contribution >= 0.6 is 0 Å². The van der Waals surface area contributed by atoms with E-state index in [4.69, 9.17) is 4.74 Å². The van der Waals surface area contributed by atoms with Gasteiger partial charge in [-0.15, -0.1) is 0 Å². The van der Waals surface area contributed by atoms with Gasteiger partial charge >= 0.3 is 0 Å². The molecule has 3 aromatic carbocycles. The van der Waals surface area contributed by atoms with Crippen molar-refractivity contribution < 1.29 is 26.7 Å². The van der Waals surface area contributed by atoms with E-state index >= 15 is 0 Å². The van der Waals surface area contributed by atoms with Gasteiger partial charge in [-0.2, -0.15) is 0 Å². The van der Waals surface area contributed by atoms with E-state index in [-0.39, 0.29) is 27.6 Å². The number of benzene rings is 3. The van der Waals surface area contributed by atoms with E-state index in [0.29, 0.717) is 0 Å². The number of amides is 1. The maximum absolute atomic E-state index is 13.8. The molecule has 0 bridgehead atoms. The van der Waals surface area contributed by atoms with Crippen LogP contribution in [0.15, 0.2) is 71.6 Å². The topological polar surface area (TPSA) is 84.5 Å². The van der Waals surface area contributed by atoms with Crippen molar-refractivity contribution in [2.75, 3.05) is 17.1 Å². The Morgan fingerprint density at radius 3 is 2.31 bits per heavy atom. The van der Waals surface area contributed by atoms with Crippen LogP contribution in [-0.2, 0) is 10.0 Å². The number of methoxy groups -OCH3 is 1. The van der Waals surface area contributed by atoms with Gasteiger partial charge in [0, 0.05) is 5.69 Å². The maximum atomic E-state index is 13.8. The van der Waals surface area contributed by atoms with Crippen molar-refractivity contribution >= 4 is 27.3 Å². The van der Waals surface area contributed by atoms with Gasteiger partial charge in [0.15, 0.2) is 0 Å². The number of sulfonamides is 1. The number of halogens is 2. The minimum atomic E-state index is -4.04. The van der Waals surface area contributed by atoms with Crippen LogP contribution in [0.25, 0.3) is 0 Å². The average Bonchev–Trinajstić information content (AvgIpc) is 2.70. The molecule has 9 heteroatoms. The second-order valence-electron chi connectivity index (χ2n) is 5.91. The molecule has 0 atom stereocenters. The molecule has 6 nitrogen and oxygen atoms in total. The van der Waals surface area contributed by atoms with Gasteiger partial charge < -0.3 is 10.1 Å². The van der Waals surface area contributed by atoms with Gasteiger partial charge in [-0.05, 0) is 54.6 Å². The molecule has 3 aromatic rings. The Bertz CT molecular complexity index is 1150. The van der Waals surface area contributed by atoms with Gasteiger partial charge in [-0.3, -0.25) is 9.52 Å². The molecule has 0 aliphatic rings. The van der Waals surface area contributed by atoms with Gasteiger partial charge in [0.1, 0.15) is 17.4 Å². The van der Waals surface area contributed by atoms with Gasteiger partial charge in [0.05, 0.1) is 23.3 Å². The molecular formula is C20H16F2N2O4S. The Kier molecular flexibility index (Phi) is 5.79.